The lowest BCUT2D eigenvalue weighted by Crippen LogP contribution is -2.44. The van der Waals surface area contributed by atoms with Crippen LogP contribution in [-0.4, -0.2) is 55.3 Å². The highest BCUT2D eigenvalue weighted by atomic mass is 32.1. The van der Waals surface area contributed by atoms with Crippen molar-refractivity contribution in [2.75, 3.05) is 33.5 Å². The average molecular weight is 248 g/mol. The molecule has 0 aromatic carbocycles. The minimum atomic E-state index is -0.112. The number of carbonyl (C=O) groups excluding carboxylic acids is 1. The summed E-state index contributed by atoms with van der Waals surface area (Å²) in [6.45, 7) is 5.02. The second-order valence-electron chi connectivity index (χ2n) is 3.63. The van der Waals surface area contributed by atoms with Crippen LogP contribution in [0.1, 0.15) is 13.8 Å². The van der Waals surface area contributed by atoms with Gasteiger partial charge in [0, 0.05) is 13.2 Å². The first-order chi connectivity index (χ1) is 7.49. The molecule has 0 atom stereocenters. The number of nitrogens with zero attached hydrogens (tertiary/aromatic N) is 1. The molecule has 0 unspecified atom stereocenters. The summed E-state index contributed by atoms with van der Waals surface area (Å²) in [5.74, 6) is -0.112. The molecule has 0 spiro atoms. The monoisotopic (exact) mass is 248 g/mol. The van der Waals surface area contributed by atoms with E-state index in [0.717, 1.165) is 0 Å². The average Bonchev–Trinajstić information content (AvgIpc) is 2.20. The van der Waals surface area contributed by atoms with Crippen LogP contribution in [0.5, 0.6) is 0 Å². The summed E-state index contributed by atoms with van der Waals surface area (Å²) in [6, 6.07) is 0.0556. The summed E-state index contributed by atoms with van der Waals surface area (Å²) in [7, 11) is 1.58. The molecule has 0 aromatic rings. The van der Waals surface area contributed by atoms with Crippen LogP contribution < -0.4 is 5.73 Å². The highest BCUT2D eigenvalue weighted by Crippen LogP contribution is 1.99. The van der Waals surface area contributed by atoms with Crippen LogP contribution in [-0.2, 0) is 14.3 Å². The van der Waals surface area contributed by atoms with Gasteiger partial charge in [0.05, 0.1) is 24.7 Å². The summed E-state index contributed by atoms with van der Waals surface area (Å²) in [6.07, 6.45) is 0. The minimum absolute atomic E-state index is 0.0319. The summed E-state index contributed by atoms with van der Waals surface area (Å²) in [4.78, 5) is 13.6. The highest BCUT2D eigenvalue weighted by molar-refractivity contribution is 7.80. The molecular weight excluding hydrogens is 228 g/mol. The smallest absolute Gasteiger partial charge is 0.249 e. The van der Waals surface area contributed by atoms with Crippen molar-refractivity contribution in [1.82, 2.24) is 4.90 Å². The number of amides is 1. The Bertz CT molecular complexity index is 234. The molecule has 16 heavy (non-hydrogen) atoms. The van der Waals surface area contributed by atoms with E-state index in [1.807, 2.05) is 13.8 Å². The summed E-state index contributed by atoms with van der Waals surface area (Å²) in [5, 5.41) is 0. The summed E-state index contributed by atoms with van der Waals surface area (Å²) in [5.41, 5.74) is 5.42. The molecule has 0 saturated carbocycles. The number of methoxy groups -OCH3 is 1. The lowest BCUT2D eigenvalue weighted by molar-refractivity contribution is -0.137. The Balaban J connectivity index is 4.02. The van der Waals surface area contributed by atoms with Crippen molar-refractivity contribution < 1.29 is 14.3 Å². The lowest BCUT2D eigenvalue weighted by atomic mass is 10.3. The lowest BCUT2D eigenvalue weighted by Gasteiger charge is -2.26. The molecule has 0 aliphatic heterocycles. The molecule has 0 rings (SSSR count). The van der Waals surface area contributed by atoms with Crippen LogP contribution in [0.3, 0.4) is 0 Å². The number of carbonyl (C=O) groups is 1. The van der Waals surface area contributed by atoms with Crippen molar-refractivity contribution >= 4 is 23.1 Å². The van der Waals surface area contributed by atoms with Crippen LogP contribution in [0.2, 0.25) is 0 Å². The van der Waals surface area contributed by atoms with E-state index in [4.69, 9.17) is 27.4 Å². The fourth-order valence-electron chi connectivity index (χ4n) is 1.11. The normalized spacial score (nSPS) is 10.5. The Labute approximate surface area is 102 Å². The number of ether oxygens (including phenoxy) is 2. The van der Waals surface area contributed by atoms with Gasteiger partial charge in [-0.1, -0.05) is 12.2 Å². The Morgan fingerprint density at radius 3 is 2.50 bits per heavy atom. The molecule has 0 aliphatic rings. The first kappa shape index (κ1) is 15.3. The van der Waals surface area contributed by atoms with Gasteiger partial charge in [0.25, 0.3) is 0 Å². The van der Waals surface area contributed by atoms with E-state index in [9.17, 15) is 4.79 Å². The third kappa shape index (κ3) is 6.71. The third-order valence-electron chi connectivity index (χ3n) is 1.93. The molecule has 0 saturated heterocycles. The third-order valence-corrected chi connectivity index (χ3v) is 2.06. The first-order valence-electron chi connectivity index (χ1n) is 5.13. The zero-order valence-electron chi connectivity index (χ0n) is 10.1. The van der Waals surface area contributed by atoms with E-state index in [1.54, 1.807) is 12.0 Å². The predicted octanol–water partition coefficient (Wildman–Crippen LogP) is 0.173. The van der Waals surface area contributed by atoms with Gasteiger partial charge in [-0.2, -0.15) is 0 Å². The van der Waals surface area contributed by atoms with Crippen molar-refractivity contribution in [1.29, 1.82) is 0 Å². The molecule has 5 nitrogen and oxygen atoms in total. The molecule has 0 heterocycles. The zero-order valence-corrected chi connectivity index (χ0v) is 10.9. The topological polar surface area (TPSA) is 64.8 Å². The van der Waals surface area contributed by atoms with Crippen molar-refractivity contribution in [3.63, 3.8) is 0 Å². The van der Waals surface area contributed by atoms with Gasteiger partial charge < -0.3 is 20.1 Å². The van der Waals surface area contributed by atoms with Crippen LogP contribution in [0, 0.1) is 0 Å². The second kappa shape index (κ2) is 8.43. The maximum absolute atomic E-state index is 11.7. The van der Waals surface area contributed by atoms with Gasteiger partial charge in [-0.3, -0.25) is 4.79 Å². The molecule has 1 amide bonds. The van der Waals surface area contributed by atoms with Crippen LogP contribution in [0.4, 0.5) is 0 Å². The number of hydrogen-bond donors (Lipinski definition) is 1. The fourth-order valence-corrected chi connectivity index (χ4v) is 1.25. The Hall–Kier alpha value is -0.720. The van der Waals surface area contributed by atoms with Crippen LogP contribution in [0.15, 0.2) is 0 Å². The van der Waals surface area contributed by atoms with Crippen molar-refractivity contribution in [2.24, 2.45) is 5.73 Å². The molecule has 0 radical (unpaired) electrons. The second-order valence-corrected chi connectivity index (χ2v) is 4.15. The summed E-state index contributed by atoms with van der Waals surface area (Å²) >= 11 is 4.79. The van der Waals surface area contributed by atoms with Gasteiger partial charge in [0.15, 0.2) is 0 Å². The maximum atomic E-state index is 11.7. The van der Waals surface area contributed by atoms with Crippen molar-refractivity contribution in [3.8, 4) is 0 Å². The van der Waals surface area contributed by atoms with Gasteiger partial charge in [-0.15, -0.1) is 0 Å². The van der Waals surface area contributed by atoms with Crippen LogP contribution >= 0.6 is 12.2 Å². The van der Waals surface area contributed by atoms with E-state index >= 15 is 0 Å². The van der Waals surface area contributed by atoms with E-state index in [0.29, 0.717) is 24.7 Å². The largest absolute Gasteiger partial charge is 0.392 e. The number of rotatable bonds is 8. The molecular formula is C10H20N2O3S. The van der Waals surface area contributed by atoms with Crippen molar-refractivity contribution in [2.45, 2.75) is 19.9 Å². The molecule has 6 heteroatoms. The zero-order chi connectivity index (χ0) is 12.6. The summed E-state index contributed by atoms with van der Waals surface area (Å²) < 4.78 is 9.95. The Morgan fingerprint density at radius 2 is 2.06 bits per heavy atom. The van der Waals surface area contributed by atoms with E-state index < -0.39 is 0 Å². The van der Waals surface area contributed by atoms with Crippen molar-refractivity contribution in [3.05, 3.63) is 0 Å². The van der Waals surface area contributed by atoms with E-state index in [1.165, 1.54) is 0 Å². The minimum Gasteiger partial charge on any atom is -0.392 e. The van der Waals surface area contributed by atoms with E-state index in [2.05, 4.69) is 0 Å². The standard InChI is InChI=1S/C10H20N2O3S/c1-8(2)12(6-9(11)16)10(13)7-15-5-4-14-3/h8H,4-7H2,1-3H3,(H2,11,16). The van der Waals surface area contributed by atoms with Gasteiger partial charge in [-0.25, -0.2) is 0 Å². The maximum Gasteiger partial charge on any atom is 0.249 e. The van der Waals surface area contributed by atoms with Gasteiger partial charge in [0.2, 0.25) is 5.91 Å². The number of hydrogen-bond acceptors (Lipinski definition) is 4. The van der Waals surface area contributed by atoms with Gasteiger partial charge in [-0.05, 0) is 13.8 Å². The number of nitrogens with two attached hydrogens (primary N) is 1. The van der Waals surface area contributed by atoms with Gasteiger partial charge >= 0.3 is 0 Å². The molecule has 2 N–H and O–H groups in total. The first-order valence-corrected chi connectivity index (χ1v) is 5.54. The predicted molar refractivity (Wildman–Crippen MR) is 66.3 cm³/mol. The molecule has 94 valence electrons. The Morgan fingerprint density at radius 1 is 1.44 bits per heavy atom. The fraction of sp³-hybridized carbons (Fsp3) is 0.800. The quantitative estimate of drug-likeness (QED) is 0.490. The Kier molecular flexibility index (Phi) is 8.05. The van der Waals surface area contributed by atoms with Crippen LogP contribution in [0.25, 0.3) is 0 Å². The van der Waals surface area contributed by atoms with E-state index in [-0.39, 0.29) is 18.6 Å². The molecule has 0 aromatic heterocycles. The highest BCUT2D eigenvalue weighted by Gasteiger charge is 2.17. The molecule has 0 fully saturated rings. The molecule has 0 bridgehead atoms. The molecule has 0 aliphatic carbocycles. The number of thiocarbonyl (C=S) groups is 1. The SMILES string of the molecule is COCCOCC(=O)N(CC(N)=S)C(C)C. The van der Waals surface area contributed by atoms with Gasteiger partial charge in [0.1, 0.15) is 6.61 Å².